The summed E-state index contributed by atoms with van der Waals surface area (Å²) in [5, 5.41) is 14.0. The second-order valence-electron chi connectivity index (χ2n) is 3.93. The second-order valence-corrected chi connectivity index (χ2v) is 3.93. The molecule has 6 nitrogen and oxygen atoms in total. The van der Waals surface area contributed by atoms with E-state index in [0.29, 0.717) is 17.8 Å². The Bertz CT molecular complexity index is 387. The van der Waals surface area contributed by atoms with Crippen LogP contribution in [0.15, 0.2) is 23.5 Å². The van der Waals surface area contributed by atoms with Gasteiger partial charge in [0.2, 0.25) is 0 Å². The van der Waals surface area contributed by atoms with Gasteiger partial charge in [0, 0.05) is 6.20 Å². The Hall–Kier alpha value is -1.95. The largest absolute Gasteiger partial charge is 0.411 e. The molecule has 0 saturated carbocycles. The summed E-state index contributed by atoms with van der Waals surface area (Å²) in [6, 6.07) is 3.26. The first kappa shape index (κ1) is 13.1. The lowest BCUT2D eigenvalue weighted by atomic mass is 10.2. The number of nitrogens with one attached hydrogen (secondary N) is 2. The third-order valence-electron chi connectivity index (χ3n) is 2.15. The topological polar surface area (TPSA) is 79.0 Å². The number of hydrogen-bond donors (Lipinski definition) is 3. The first-order valence-corrected chi connectivity index (χ1v) is 5.34. The van der Waals surface area contributed by atoms with E-state index in [0.717, 1.165) is 6.54 Å². The van der Waals surface area contributed by atoms with E-state index in [1.807, 2.05) is 14.1 Å². The smallest absolute Gasteiger partial charge is 0.253 e. The van der Waals surface area contributed by atoms with Crippen LogP contribution < -0.4 is 10.2 Å². The number of pyridine rings is 1. The monoisotopic (exact) mass is 237 g/mol. The van der Waals surface area contributed by atoms with Crippen molar-refractivity contribution in [1.29, 1.82) is 0 Å². The average molecular weight is 237 g/mol. The zero-order valence-corrected chi connectivity index (χ0v) is 9.97. The molecule has 92 valence electrons. The predicted octanol–water partition coefficient (Wildman–Crippen LogP) is -1.24. The van der Waals surface area contributed by atoms with Gasteiger partial charge in [-0.25, -0.2) is 0 Å². The molecular weight excluding hydrogens is 220 g/mol. The minimum Gasteiger partial charge on any atom is -0.411 e. The molecule has 0 unspecified atom stereocenters. The molecule has 0 aliphatic heterocycles. The summed E-state index contributed by atoms with van der Waals surface area (Å²) in [6.07, 6.45) is 2.66. The zero-order chi connectivity index (χ0) is 12.7. The molecule has 6 heteroatoms. The minimum absolute atomic E-state index is 0.147. The van der Waals surface area contributed by atoms with Crippen molar-refractivity contribution in [3.8, 4) is 0 Å². The molecular formula is C11H17N4O2+. The lowest BCUT2D eigenvalue weighted by Crippen LogP contribution is -3.06. The Morgan fingerprint density at radius 1 is 1.59 bits per heavy atom. The van der Waals surface area contributed by atoms with Gasteiger partial charge >= 0.3 is 0 Å². The van der Waals surface area contributed by atoms with Gasteiger partial charge in [-0.1, -0.05) is 5.16 Å². The summed E-state index contributed by atoms with van der Waals surface area (Å²) in [5.41, 5.74) is 0.996. The lowest BCUT2D eigenvalue weighted by molar-refractivity contribution is -0.856. The van der Waals surface area contributed by atoms with E-state index in [9.17, 15) is 4.79 Å². The molecule has 0 spiro atoms. The molecule has 3 N–H and O–H groups in total. The number of quaternary nitrogens is 1. The Morgan fingerprint density at radius 2 is 2.35 bits per heavy atom. The predicted molar refractivity (Wildman–Crippen MR) is 63.6 cm³/mol. The molecule has 0 atom stereocenters. The Morgan fingerprint density at radius 3 is 2.88 bits per heavy atom. The maximum atomic E-state index is 11.7. The molecule has 1 amide bonds. The second kappa shape index (κ2) is 6.59. The van der Waals surface area contributed by atoms with Crippen LogP contribution in [0.4, 0.5) is 0 Å². The molecule has 0 bridgehead atoms. The highest BCUT2D eigenvalue weighted by atomic mass is 16.4. The van der Waals surface area contributed by atoms with Crippen molar-refractivity contribution in [1.82, 2.24) is 10.3 Å². The summed E-state index contributed by atoms with van der Waals surface area (Å²) in [7, 11) is 4.05. The quantitative estimate of drug-likeness (QED) is 0.341. The van der Waals surface area contributed by atoms with Crippen LogP contribution in [-0.4, -0.2) is 49.5 Å². The van der Waals surface area contributed by atoms with Crippen molar-refractivity contribution >= 4 is 12.1 Å². The van der Waals surface area contributed by atoms with E-state index < -0.39 is 0 Å². The first-order valence-electron chi connectivity index (χ1n) is 5.34. The van der Waals surface area contributed by atoms with Crippen molar-refractivity contribution in [3.05, 3.63) is 29.6 Å². The normalized spacial score (nSPS) is 11.0. The first-order chi connectivity index (χ1) is 8.13. The van der Waals surface area contributed by atoms with Crippen LogP contribution in [-0.2, 0) is 0 Å². The Balaban J connectivity index is 2.51. The van der Waals surface area contributed by atoms with E-state index in [4.69, 9.17) is 5.21 Å². The third-order valence-corrected chi connectivity index (χ3v) is 2.15. The van der Waals surface area contributed by atoms with Gasteiger partial charge in [0.05, 0.1) is 44.7 Å². The van der Waals surface area contributed by atoms with Gasteiger partial charge in [-0.2, -0.15) is 0 Å². The molecule has 0 aliphatic rings. The van der Waals surface area contributed by atoms with Gasteiger partial charge in [-0.15, -0.1) is 0 Å². The molecule has 17 heavy (non-hydrogen) atoms. The molecule has 1 aromatic heterocycles. The minimum atomic E-state index is -0.147. The molecule has 1 aromatic rings. The number of rotatable bonds is 5. The van der Waals surface area contributed by atoms with Gasteiger partial charge < -0.3 is 15.4 Å². The van der Waals surface area contributed by atoms with Gasteiger partial charge in [0.15, 0.2) is 0 Å². The van der Waals surface area contributed by atoms with Gasteiger partial charge in [-0.05, 0) is 12.1 Å². The number of oxime groups is 1. The number of nitrogens with zero attached hydrogens (tertiary/aromatic N) is 2. The fraction of sp³-hybridized carbons (Fsp3) is 0.364. The van der Waals surface area contributed by atoms with E-state index in [-0.39, 0.29) is 5.91 Å². The highest BCUT2D eigenvalue weighted by Gasteiger charge is 2.05. The van der Waals surface area contributed by atoms with Gasteiger partial charge in [0.25, 0.3) is 5.91 Å². The Labute approximate surface area is 100.0 Å². The number of carbonyl (C=O) groups excluding carboxylic acids is 1. The van der Waals surface area contributed by atoms with Crippen LogP contribution in [0.1, 0.15) is 16.1 Å². The van der Waals surface area contributed by atoms with Crippen LogP contribution >= 0.6 is 0 Å². The Kier molecular flexibility index (Phi) is 5.09. The highest BCUT2D eigenvalue weighted by molar-refractivity contribution is 5.94. The number of hydrogen-bond acceptors (Lipinski definition) is 4. The van der Waals surface area contributed by atoms with E-state index in [1.54, 1.807) is 12.1 Å². The van der Waals surface area contributed by atoms with Crippen LogP contribution in [0, 0.1) is 0 Å². The highest BCUT2D eigenvalue weighted by Crippen LogP contribution is 1.98. The molecule has 1 heterocycles. The zero-order valence-electron chi connectivity index (χ0n) is 9.97. The van der Waals surface area contributed by atoms with Crippen molar-refractivity contribution in [2.24, 2.45) is 5.16 Å². The van der Waals surface area contributed by atoms with Crippen LogP contribution in [0.25, 0.3) is 0 Å². The molecule has 1 rings (SSSR count). The summed E-state index contributed by atoms with van der Waals surface area (Å²) in [4.78, 5) is 16.9. The van der Waals surface area contributed by atoms with Crippen LogP contribution in [0.3, 0.4) is 0 Å². The summed E-state index contributed by atoms with van der Waals surface area (Å²) in [5.74, 6) is -0.147. The number of carbonyl (C=O) groups is 1. The SMILES string of the molecule is C[NH+](C)CCNC(=O)c1ccc(C=NO)nc1. The van der Waals surface area contributed by atoms with Crippen molar-refractivity contribution in [2.45, 2.75) is 0 Å². The van der Waals surface area contributed by atoms with Gasteiger partial charge in [0.1, 0.15) is 0 Å². The number of amides is 1. The summed E-state index contributed by atoms with van der Waals surface area (Å²) < 4.78 is 0. The van der Waals surface area contributed by atoms with Crippen LogP contribution in [0.2, 0.25) is 0 Å². The van der Waals surface area contributed by atoms with Crippen molar-refractivity contribution < 1.29 is 14.9 Å². The molecule has 0 radical (unpaired) electrons. The molecule has 0 aliphatic carbocycles. The molecule has 0 fully saturated rings. The fourth-order valence-corrected chi connectivity index (χ4v) is 1.20. The summed E-state index contributed by atoms with van der Waals surface area (Å²) in [6.45, 7) is 1.50. The van der Waals surface area contributed by atoms with E-state index in [2.05, 4.69) is 15.5 Å². The summed E-state index contributed by atoms with van der Waals surface area (Å²) >= 11 is 0. The van der Waals surface area contributed by atoms with Crippen molar-refractivity contribution in [2.75, 3.05) is 27.2 Å². The number of aromatic nitrogens is 1. The average Bonchev–Trinajstić information content (AvgIpc) is 2.30. The maximum Gasteiger partial charge on any atom is 0.253 e. The van der Waals surface area contributed by atoms with Gasteiger partial charge in [-0.3, -0.25) is 9.78 Å². The standard InChI is InChI=1S/C11H16N4O2/c1-15(2)6-5-12-11(16)9-3-4-10(8-14-17)13-7-9/h3-4,7-8,17H,5-6H2,1-2H3,(H,12,16)/p+1. The lowest BCUT2D eigenvalue weighted by Gasteiger charge is -2.08. The van der Waals surface area contributed by atoms with Crippen LogP contribution in [0.5, 0.6) is 0 Å². The molecule has 0 aromatic carbocycles. The number of likely N-dealkylation sites (N-methyl/N-ethyl adjacent to an activating group) is 1. The third kappa shape index (κ3) is 4.60. The fourth-order valence-electron chi connectivity index (χ4n) is 1.20. The van der Waals surface area contributed by atoms with Crippen molar-refractivity contribution in [3.63, 3.8) is 0 Å². The maximum absolute atomic E-state index is 11.7. The molecule has 0 saturated heterocycles. The van der Waals surface area contributed by atoms with E-state index in [1.165, 1.54) is 17.3 Å². The van der Waals surface area contributed by atoms with E-state index >= 15 is 0 Å².